The molecule has 1 aromatic rings. The van der Waals surface area contributed by atoms with Crippen LogP contribution in [0.5, 0.6) is 5.75 Å². The van der Waals surface area contributed by atoms with Gasteiger partial charge in [-0.05, 0) is 12.1 Å². The van der Waals surface area contributed by atoms with Crippen LogP contribution in [0.3, 0.4) is 0 Å². The molecular formula is C9H11F2NO2. The van der Waals surface area contributed by atoms with E-state index in [2.05, 4.69) is 4.74 Å². The van der Waals surface area contributed by atoms with Crippen molar-refractivity contribution in [3.05, 3.63) is 29.3 Å². The van der Waals surface area contributed by atoms with Crippen molar-refractivity contribution >= 4 is 0 Å². The van der Waals surface area contributed by atoms with Gasteiger partial charge >= 0.3 is 0 Å². The van der Waals surface area contributed by atoms with E-state index < -0.39 is 17.7 Å². The van der Waals surface area contributed by atoms with Crippen LogP contribution in [0.2, 0.25) is 0 Å². The summed E-state index contributed by atoms with van der Waals surface area (Å²) in [5.74, 6) is -2.43. The van der Waals surface area contributed by atoms with E-state index in [4.69, 9.17) is 5.73 Å². The first-order chi connectivity index (χ1) is 6.61. The Hall–Kier alpha value is -1.20. The first kappa shape index (κ1) is 10.9. The average Bonchev–Trinajstić information content (AvgIpc) is 2.21. The Bertz CT molecular complexity index is 331. The van der Waals surface area contributed by atoms with E-state index in [-0.39, 0.29) is 17.9 Å². The van der Waals surface area contributed by atoms with E-state index in [0.29, 0.717) is 0 Å². The van der Waals surface area contributed by atoms with Gasteiger partial charge in [0.15, 0.2) is 11.6 Å². The lowest BCUT2D eigenvalue weighted by Crippen LogP contribution is -2.14. The predicted octanol–water partition coefficient (Wildman–Crippen LogP) is 0.966. The average molecular weight is 203 g/mol. The fraction of sp³-hybridized carbons (Fsp3) is 0.333. The summed E-state index contributed by atoms with van der Waals surface area (Å²) in [5.41, 5.74) is 4.96. The van der Waals surface area contributed by atoms with Crippen molar-refractivity contribution in [3.63, 3.8) is 0 Å². The van der Waals surface area contributed by atoms with Crippen LogP contribution in [0.25, 0.3) is 0 Å². The molecule has 0 amide bonds. The third-order valence-electron chi connectivity index (χ3n) is 1.88. The molecule has 0 heterocycles. The highest BCUT2D eigenvalue weighted by molar-refractivity contribution is 5.32. The van der Waals surface area contributed by atoms with Gasteiger partial charge in [0.1, 0.15) is 0 Å². The third kappa shape index (κ3) is 1.83. The number of hydrogen-bond donors (Lipinski definition) is 2. The number of ether oxygens (including phenoxy) is 1. The van der Waals surface area contributed by atoms with Gasteiger partial charge in [0.05, 0.1) is 13.2 Å². The molecule has 1 atom stereocenters. The van der Waals surface area contributed by atoms with E-state index in [1.54, 1.807) is 0 Å². The topological polar surface area (TPSA) is 55.5 Å². The van der Waals surface area contributed by atoms with Crippen LogP contribution in [0, 0.1) is 11.6 Å². The lowest BCUT2D eigenvalue weighted by atomic mass is 10.1. The van der Waals surface area contributed by atoms with Crippen LogP contribution < -0.4 is 10.5 Å². The van der Waals surface area contributed by atoms with E-state index in [1.165, 1.54) is 19.2 Å². The van der Waals surface area contributed by atoms with Crippen LogP contribution >= 0.6 is 0 Å². The number of halogens is 2. The molecule has 0 saturated carbocycles. The SMILES string of the molecule is COc1ccc(C(O)CN)c(F)c1F. The fourth-order valence-corrected chi connectivity index (χ4v) is 1.09. The maximum Gasteiger partial charge on any atom is 0.200 e. The zero-order chi connectivity index (χ0) is 10.7. The Kier molecular flexibility index (Phi) is 3.38. The summed E-state index contributed by atoms with van der Waals surface area (Å²) in [6.07, 6.45) is -1.20. The van der Waals surface area contributed by atoms with Crippen LogP contribution in [0.4, 0.5) is 8.78 Å². The summed E-state index contributed by atoms with van der Waals surface area (Å²) in [5, 5.41) is 9.23. The van der Waals surface area contributed by atoms with Gasteiger partial charge in [-0.1, -0.05) is 0 Å². The summed E-state index contributed by atoms with van der Waals surface area (Å²) in [6.45, 7) is -0.164. The van der Waals surface area contributed by atoms with Crippen LogP contribution in [0.1, 0.15) is 11.7 Å². The van der Waals surface area contributed by atoms with Crippen molar-refractivity contribution in [1.82, 2.24) is 0 Å². The zero-order valence-electron chi connectivity index (χ0n) is 7.63. The van der Waals surface area contributed by atoms with E-state index in [1.807, 2.05) is 0 Å². The zero-order valence-corrected chi connectivity index (χ0v) is 7.63. The molecule has 1 rings (SSSR count). The molecule has 1 unspecified atom stereocenters. The van der Waals surface area contributed by atoms with Crippen LogP contribution in [-0.2, 0) is 0 Å². The smallest absolute Gasteiger partial charge is 0.200 e. The number of methoxy groups -OCH3 is 1. The molecule has 0 bridgehead atoms. The predicted molar refractivity (Wildman–Crippen MR) is 46.9 cm³/mol. The Morgan fingerprint density at radius 1 is 1.43 bits per heavy atom. The van der Waals surface area contributed by atoms with E-state index >= 15 is 0 Å². The number of benzene rings is 1. The van der Waals surface area contributed by atoms with Crippen molar-refractivity contribution in [2.45, 2.75) is 6.10 Å². The Morgan fingerprint density at radius 2 is 2.07 bits per heavy atom. The van der Waals surface area contributed by atoms with E-state index in [9.17, 15) is 13.9 Å². The molecule has 5 heteroatoms. The minimum Gasteiger partial charge on any atom is -0.494 e. The summed E-state index contributed by atoms with van der Waals surface area (Å²) in [6, 6.07) is 2.49. The molecule has 0 aromatic heterocycles. The molecule has 0 aliphatic heterocycles. The van der Waals surface area contributed by atoms with Gasteiger partial charge in [-0.2, -0.15) is 4.39 Å². The highest BCUT2D eigenvalue weighted by atomic mass is 19.2. The summed E-state index contributed by atoms with van der Waals surface area (Å²) < 4.78 is 30.9. The number of hydrogen-bond acceptors (Lipinski definition) is 3. The molecule has 0 radical (unpaired) electrons. The monoisotopic (exact) mass is 203 g/mol. The van der Waals surface area contributed by atoms with Gasteiger partial charge in [0.25, 0.3) is 0 Å². The molecular weight excluding hydrogens is 192 g/mol. The highest BCUT2D eigenvalue weighted by Gasteiger charge is 2.18. The number of aliphatic hydroxyl groups is 1. The molecule has 1 aromatic carbocycles. The Balaban J connectivity index is 3.17. The lowest BCUT2D eigenvalue weighted by molar-refractivity contribution is 0.180. The maximum absolute atomic E-state index is 13.2. The second kappa shape index (κ2) is 4.34. The third-order valence-corrected chi connectivity index (χ3v) is 1.88. The van der Waals surface area contributed by atoms with Crippen molar-refractivity contribution in [3.8, 4) is 5.75 Å². The molecule has 0 fully saturated rings. The Morgan fingerprint density at radius 3 is 2.57 bits per heavy atom. The van der Waals surface area contributed by atoms with Gasteiger partial charge in [-0.3, -0.25) is 0 Å². The second-order valence-electron chi connectivity index (χ2n) is 2.74. The van der Waals surface area contributed by atoms with Gasteiger partial charge in [-0.15, -0.1) is 0 Å². The number of rotatable bonds is 3. The molecule has 3 N–H and O–H groups in total. The minimum absolute atomic E-state index is 0.161. The number of nitrogens with two attached hydrogens (primary N) is 1. The Labute approximate surface area is 80.1 Å². The largest absolute Gasteiger partial charge is 0.494 e. The van der Waals surface area contributed by atoms with Gasteiger partial charge in [0.2, 0.25) is 5.82 Å². The summed E-state index contributed by atoms with van der Waals surface area (Å²) in [7, 11) is 1.23. The normalized spacial score (nSPS) is 12.6. The van der Waals surface area contributed by atoms with Crippen LogP contribution in [-0.4, -0.2) is 18.8 Å². The summed E-state index contributed by atoms with van der Waals surface area (Å²) in [4.78, 5) is 0. The van der Waals surface area contributed by atoms with Gasteiger partial charge in [0, 0.05) is 12.1 Å². The molecule has 0 aliphatic carbocycles. The molecule has 0 aliphatic rings. The highest BCUT2D eigenvalue weighted by Crippen LogP contribution is 2.25. The second-order valence-corrected chi connectivity index (χ2v) is 2.74. The van der Waals surface area contributed by atoms with E-state index in [0.717, 1.165) is 0 Å². The standard InChI is InChI=1S/C9H11F2NO2/c1-14-7-3-2-5(6(13)4-12)8(10)9(7)11/h2-3,6,13H,4,12H2,1H3. The molecule has 78 valence electrons. The fourth-order valence-electron chi connectivity index (χ4n) is 1.09. The van der Waals surface area contributed by atoms with Gasteiger partial charge < -0.3 is 15.6 Å². The lowest BCUT2D eigenvalue weighted by Gasteiger charge is -2.11. The summed E-state index contributed by atoms with van der Waals surface area (Å²) >= 11 is 0. The van der Waals surface area contributed by atoms with Crippen molar-refractivity contribution < 1.29 is 18.6 Å². The van der Waals surface area contributed by atoms with Crippen molar-refractivity contribution in [1.29, 1.82) is 0 Å². The molecule has 3 nitrogen and oxygen atoms in total. The quantitative estimate of drug-likeness (QED) is 0.769. The van der Waals surface area contributed by atoms with Crippen molar-refractivity contribution in [2.75, 3.05) is 13.7 Å². The molecule has 14 heavy (non-hydrogen) atoms. The van der Waals surface area contributed by atoms with Crippen LogP contribution in [0.15, 0.2) is 12.1 Å². The molecule has 0 spiro atoms. The maximum atomic E-state index is 13.2. The van der Waals surface area contributed by atoms with Gasteiger partial charge in [-0.25, -0.2) is 4.39 Å². The first-order valence-corrected chi connectivity index (χ1v) is 4.01. The minimum atomic E-state index is -1.20. The van der Waals surface area contributed by atoms with Crippen molar-refractivity contribution in [2.24, 2.45) is 5.73 Å². The number of aliphatic hydroxyl groups excluding tert-OH is 1. The first-order valence-electron chi connectivity index (χ1n) is 4.01. The molecule has 0 saturated heterocycles.